The van der Waals surface area contributed by atoms with Gasteiger partial charge in [-0.3, -0.25) is 0 Å². The monoisotopic (exact) mass is 311 g/mol. The van der Waals surface area contributed by atoms with E-state index in [-0.39, 0.29) is 18.1 Å². The number of hydrogen-bond acceptors (Lipinski definition) is 4. The van der Waals surface area contributed by atoms with E-state index in [0.717, 1.165) is 6.26 Å². The van der Waals surface area contributed by atoms with Crippen LogP contribution in [0.1, 0.15) is 5.56 Å². The smallest absolute Gasteiger partial charge is 0.215 e. The molecule has 1 N–H and O–H groups in total. The Kier molecular flexibility index (Phi) is 5.15. The fourth-order valence-corrected chi connectivity index (χ4v) is 3.11. The van der Waals surface area contributed by atoms with Crippen molar-refractivity contribution in [1.82, 2.24) is 4.72 Å². The molecule has 0 aromatic heterocycles. The van der Waals surface area contributed by atoms with Gasteiger partial charge in [0.15, 0.2) is 0 Å². The summed E-state index contributed by atoms with van der Waals surface area (Å²) in [4.78, 5) is 0. The number of hydrogen-bond donors (Lipinski definition) is 1. The van der Waals surface area contributed by atoms with E-state index in [9.17, 15) is 16.8 Å². The van der Waals surface area contributed by atoms with Gasteiger partial charge in [-0.15, -0.1) is 0 Å². The molecule has 0 amide bonds. The summed E-state index contributed by atoms with van der Waals surface area (Å²) >= 11 is 5.68. The van der Waals surface area contributed by atoms with Crippen LogP contribution in [0.2, 0.25) is 5.02 Å². The summed E-state index contributed by atoms with van der Waals surface area (Å²) in [6.07, 6.45) is 1.06. The molecule has 0 bridgehead atoms. The first-order valence-corrected chi connectivity index (χ1v) is 9.16. The molecule has 0 heterocycles. The van der Waals surface area contributed by atoms with Gasteiger partial charge in [0.25, 0.3) is 0 Å². The van der Waals surface area contributed by atoms with Crippen molar-refractivity contribution < 1.29 is 16.8 Å². The summed E-state index contributed by atoms with van der Waals surface area (Å²) in [6, 6.07) is 6.42. The van der Waals surface area contributed by atoms with Crippen molar-refractivity contribution in [2.45, 2.75) is 5.75 Å². The van der Waals surface area contributed by atoms with Crippen LogP contribution in [-0.4, -0.2) is 35.4 Å². The van der Waals surface area contributed by atoms with Gasteiger partial charge in [0.05, 0.1) is 11.5 Å². The minimum absolute atomic E-state index is 0.116. The summed E-state index contributed by atoms with van der Waals surface area (Å²) in [7, 11) is -6.70. The molecule has 0 saturated heterocycles. The number of rotatable bonds is 6. The third-order valence-corrected chi connectivity index (χ3v) is 4.62. The maximum Gasteiger partial charge on any atom is 0.215 e. The maximum atomic E-state index is 11.6. The number of benzene rings is 1. The first kappa shape index (κ1) is 15.4. The highest BCUT2D eigenvalue weighted by Gasteiger charge is 2.12. The second-order valence-electron chi connectivity index (χ2n) is 3.91. The molecule has 5 nitrogen and oxygen atoms in total. The van der Waals surface area contributed by atoms with Gasteiger partial charge in [-0.1, -0.05) is 23.7 Å². The molecular weight excluding hydrogens is 298 g/mol. The third-order valence-electron chi connectivity index (χ3n) is 2.06. The highest BCUT2D eigenvalue weighted by atomic mass is 35.5. The van der Waals surface area contributed by atoms with E-state index >= 15 is 0 Å². The number of halogens is 1. The van der Waals surface area contributed by atoms with Crippen LogP contribution in [-0.2, 0) is 25.6 Å². The molecule has 18 heavy (non-hydrogen) atoms. The largest absolute Gasteiger partial charge is 0.229 e. The molecule has 0 aliphatic carbocycles. The van der Waals surface area contributed by atoms with Crippen molar-refractivity contribution in [3.8, 4) is 0 Å². The van der Waals surface area contributed by atoms with Crippen LogP contribution in [0.3, 0.4) is 0 Å². The van der Waals surface area contributed by atoms with Crippen LogP contribution in [0.15, 0.2) is 24.3 Å². The Morgan fingerprint density at radius 3 is 2.17 bits per heavy atom. The van der Waals surface area contributed by atoms with Crippen LogP contribution in [0.5, 0.6) is 0 Å². The van der Waals surface area contributed by atoms with E-state index in [2.05, 4.69) is 4.72 Å². The minimum atomic E-state index is -3.53. The lowest BCUT2D eigenvalue weighted by Crippen LogP contribution is -2.29. The molecule has 1 rings (SSSR count). The Morgan fingerprint density at radius 2 is 1.67 bits per heavy atom. The van der Waals surface area contributed by atoms with E-state index in [1.165, 1.54) is 0 Å². The number of sulfone groups is 1. The fourth-order valence-electron chi connectivity index (χ4n) is 1.23. The molecule has 0 unspecified atom stereocenters. The van der Waals surface area contributed by atoms with E-state index in [4.69, 9.17) is 11.6 Å². The lowest BCUT2D eigenvalue weighted by atomic mass is 10.2. The van der Waals surface area contributed by atoms with Gasteiger partial charge in [-0.2, -0.15) is 0 Å². The molecule has 0 aliphatic rings. The van der Waals surface area contributed by atoms with E-state index in [1.54, 1.807) is 24.3 Å². The molecule has 0 spiro atoms. The molecule has 1 aromatic carbocycles. The second kappa shape index (κ2) is 6.01. The lowest BCUT2D eigenvalue weighted by molar-refractivity contribution is 0.581. The highest BCUT2D eigenvalue weighted by molar-refractivity contribution is 7.91. The Bertz CT molecular complexity index is 593. The quantitative estimate of drug-likeness (QED) is 0.843. The Balaban J connectivity index is 2.57. The van der Waals surface area contributed by atoms with E-state index < -0.39 is 19.9 Å². The molecule has 0 fully saturated rings. The summed E-state index contributed by atoms with van der Waals surface area (Å²) in [6.45, 7) is -0.116. The van der Waals surface area contributed by atoms with Gasteiger partial charge in [0, 0.05) is 17.8 Å². The van der Waals surface area contributed by atoms with Gasteiger partial charge in [-0.25, -0.2) is 21.6 Å². The van der Waals surface area contributed by atoms with Crippen LogP contribution in [0, 0.1) is 0 Å². The normalized spacial score (nSPS) is 12.6. The van der Waals surface area contributed by atoms with E-state index in [0.29, 0.717) is 10.6 Å². The molecule has 102 valence electrons. The Morgan fingerprint density at radius 1 is 1.11 bits per heavy atom. The maximum absolute atomic E-state index is 11.6. The molecule has 0 aliphatic heterocycles. The second-order valence-corrected chi connectivity index (χ2v) is 8.41. The fraction of sp³-hybridized carbons (Fsp3) is 0.400. The molecule has 0 saturated carbocycles. The average Bonchev–Trinajstić information content (AvgIpc) is 2.18. The number of sulfonamides is 1. The summed E-state index contributed by atoms with van der Waals surface area (Å²) in [5, 5.41) is 0.529. The zero-order chi connectivity index (χ0) is 13.8. The lowest BCUT2D eigenvalue weighted by Gasteiger charge is -2.06. The first-order valence-electron chi connectivity index (χ1n) is 5.07. The predicted molar refractivity (Wildman–Crippen MR) is 71.8 cm³/mol. The minimum Gasteiger partial charge on any atom is -0.229 e. The topological polar surface area (TPSA) is 80.3 Å². The molecule has 0 radical (unpaired) electrons. The van der Waals surface area contributed by atoms with Crippen molar-refractivity contribution in [3.63, 3.8) is 0 Å². The van der Waals surface area contributed by atoms with Gasteiger partial charge in [-0.05, 0) is 17.7 Å². The van der Waals surface area contributed by atoms with Crippen LogP contribution in [0.25, 0.3) is 0 Å². The predicted octanol–water partition coefficient (Wildman–Crippen LogP) is 0.804. The third kappa shape index (κ3) is 6.34. The summed E-state index contributed by atoms with van der Waals surface area (Å²) in [5.41, 5.74) is 0.589. The highest BCUT2D eigenvalue weighted by Crippen LogP contribution is 2.11. The van der Waals surface area contributed by atoms with Gasteiger partial charge < -0.3 is 0 Å². The molecule has 1 aromatic rings. The van der Waals surface area contributed by atoms with Crippen molar-refractivity contribution >= 4 is 31.5 Å². The number of nitrogens with one attached hydrogen (secondary N) is 1. The van der Waals surface area contributed by atoms with Gasteiger partial charge >= 0.3 is 0 Å². The van der Waals surface area contributed by atoms with Gasteiger partial charge in [0.2, 0.25) is 10.0 Å². The van der Waals surface area contributed by atoms with Crippen molar-refractivity contribution in [1.29, 1.82) is 0 Å². The van der Waals surface area contributed by atoms with Crippen molar-refractivity contribution in [3.05, 3.63) is 34.9 Å². The molecular formula is C10H14ClNO4S2. The van der Waals surface area contributed by atoms with Crippen LogP contribution < -0.4 is 4.72 Å². The molecule has 0 atom stereocenters. The zero-order valence-electron chi connectivity index (χ0n) is 9.76. The van der Waals surface area contributed by atoms with Crippen LogP contribution in [0.4, 0.5) is 0 Å². The molecule has 8 heteroatoms. The first-order chi connectivity index (χ1) is 8.18. The standard InChI is InChI=1S/C10H14ClNO4S2/c1-17(13,14)7-6-12-18(15,16)8-9-2-4-10(11)5-3-9/h2-5,12H,6-8H2,1H3. The Labute approximate surface area is 112 Å². The summed E-state index contributed by atoms with van der Waals surface area (Å²) in [5.74, 6) is -0.416. The van der Waals surface area contributed by atoms with Crippen LogP contribution >= 0.6 is 11.6 Å². The van der Waals surface area contributed by atoms with Gasteiger partial charge in [0.1, 0.15) is 9.84 Å². The van der Waals surface area contributed by atoms with E-state index in [1.807, 2.05) is 0 Å². The average molecular weight is 312 g/mol. The summed E-state index contributed by atoms with van der Waals surface area (Å²) < 4.78 is 47.2. The van der Waals surface area contributed by atoms with Crippen molar-refractivity contribution in [2.24, 2.45) is 0 Å². The Hall–Kier alpha value is -0.630. The van der Waals surface area contributed by atoms with Crippen molar-refractivity contribution in [2.75, 3.05) is 18.6 Å². The SMILES string of the molecule is CS(=O)(=O)CCNS(=O)(=O)Cc1ccc(Cl)cc1. The zero-order valence-corrected chi connectivity index (χ0v) is 12.1.